The van der Waals surface area contributed by atoms with E-state index in [1.54, 1.807) is 4.90 Å². The Kier molecular flexibility index (Phi) is 3.89. The van der Waals surface area contributed by atoms with Gasteiger partial charge in [0.25, 0.3) is 0 Å². The second-order valence-corrected chi connectivity index (χ2v) is 4.95. The molecule has 0 spiro atoms. The average molecular weight is 253 g/mol. The van der Waals surface area contributed by atoms with Crippen LogP contribution in [0, 0.1) is 11.8 Å². The molecule has 1 aliphatic heterocycles. The third kappa shape index (κ3) is 2.35. The van der Waals surface area contributed by atoms with Gasteiger partial charge in [-0.25, -0.2) is 4.79 Å². The number of carbonyl (C=O) groups excluding carboxylic acids is 1. The maximum absolute atomic E-state index is 11.9. The Bertz CT molecular complexity index is 355. The molecule has 1 saturated carbocycles. The summed E-state index contributed by atoms with van der Waals surface area (Å²) >= 11 is 0. The predicted molar refractivity (Wildman–Crippen MR) is 65.1 cm³/mol. The minimum atomic E-state index is -0.731. The molecule has 2 aliphatic rings. The number of fused-ring (bicyclic) bond motifs is 1. The number of carbonyl (C=O) groups is 2. The summed E-state index contributed by atoms with van der Waals surface area (Å²) in [6.07, 6.45) is 4.50. The number of rotatable bonds is 3. The predicted octanol–water partition coefficient (Wildman–Crippen LogP) is 1.88. The summed E-state index contributed by atoms with van der Waals surface area (Å²) in [4.78, 5) is 24.8. The fourth-order valence-corrected chi connectivity index (χ4v) is 3.23. The van der Waals surface area contributed by atoms with Crippen molar-refractivity contribution in [2.75, 3.05) is 13.2 Å². The number of amides is 1. The summed E-state index contributed by atoms with van der Waals surface area (Å²) in [6.45, 7) is 4.19. The third-order valence-corrected chi connectivity index (χ3v) is 4.01. The standard InChI is InChI=1S/C13H19NO4/c1-2-8-18-13(17)14-7-6-10(12(15)16)9-4-3-5-11(9)14/h2,9-11H,1,3-8H2,(H,15,16). The molecule has 3 unspecified atom stereocenters. The molecule has 0 aromatic heterocycles. The smallest absolute Gasteiger partial charge is 0.410 e. The first-order valence-electron chi connectivity index (χ1n) is 6.42. The van der Waals surface area contributed by atoms with Crippen LogP contribution in [-0.4, -0.2) is 41.3 Å². The average Bonchev–Trinajstić information content (AvgIpc) is 2.83. The highest BCUT2D eigenvalue weighted by atomic mass is 16.6. The summed E-state index contributed by atoms with van der Waals surface area (Å²) < 4.78 is 5.06. The zero-order valence-corrected chi connectivity index (χ0v) is 10.4. The van der Waals surface area contributed by atoms with E-state index in [1.807, 2.05) is 0 Å². The minimum Gasteiger partial charge on any atom is -0.481 e. The van der Waals surface area contributed by atoms with Crippen LogP contribution in [0.4, 0.5) is 4.79 Å². The first kappa shape index (κ1) is 12.9. The monoisotopic (exact) mass is 253 g/mol. The van der Waals surface area contributed by atoms with Crippen molar-refractivity contribution in [3.63, 3.8) is 0 Å². The van der Waals surface area contributed by atoms with Crippen LogP contribution in [0.5, 0.6) is 0 Å². The van der Waals surface area contributed by atoms with Crippen molar-refractivity contribution in [1.82, 2.24) is 4.90 Å². The van der Waals surface area contributed by atoms with E-state index < -0.39 is 5.97 Å². The molecular weight excluding hydrogens is 234 g/mol. The van der Waals surface area contributed by atoms with Gasteiger partial charge in [-0.2, -0.15) is 0 Å². The van der Waals surface area contributed by atoms with Gasteiger partial charge in [-0.05, 0) is 25.2 Å². The van der Waals surface area contributed by atoms with Crippen molar-refractivity contribution in [3.8, 4) is 0 Å². The van der Waals surface area contributed by atoms with E-state index in [-0.39, 0.29) is 30.6 Å². The number of ether oxygens (including phenoxy) is 1. The minimum absolute atomic E-state index is 0.0390. The summed E-state index contributed by atoms with van der Waals surface area (Å²) in [5.74, 6) is -0.945. The molecule has 1 saturated heterocycles. The largest absolute Gasteiger partial charge is 0.481 e. The van der Waals surface area contributed by atoms with Crippen molar-refractivity contribution in [3.05, 3.63) is 12.7 Å². The Morgan fingerprint density at radius 1 is 1.39 bits per heavy atom. The number of carboxylic acid groups (broad SMARTS) is 1. The fourth-order valence-electron chi connectivity index (χ4n) is 3.23. The van der Waals surface area contributed by atoms with Gasteiger partial charge in [0.2, 0.25) is 0 Å². The Morgan fingerprint density at radius 2 is 2.17 bits per heavy atom. The van der Waals surface area contributed by atoms with Gasteiger partial charge in [0, 0.05) is 12.6 Å². The molecule has 3 atom stereocenters. The van der Waals surface area contributed by atoms with Gasteiger partial charge in [0.15, 0.2) is 0 Å². The van der Waals surface area contributed by atoms with Gasteiger partial charge in [-0.1, -0.05) is 19.1 Å². The molecular formula is C13H19NO4. The summed E-state index contributed by atoms with van der Waals surface area (Å²) in [5.41, 5.74) is 0. The molecule has 1 aliphatic carbocycles. The molecule has 0 radical (unpaired) electrons. The Morgan fingerprint density at radius 3 is 2.83 bits per heavy atom. The molecule has 0 bridgehead atoms. The number of hydrogen-bond acceptors (Lipinski definition) is 3. The molecule has 18 heavy (non-hydrogen) atoms. The van der Waals surface area contributed by atoms with E-state index in [9.17, 15) is 14.7 Å². The number of hydrogen-bond donors (Lipinski definition) is 1. The summed E-state index contributed by atoms with van der Waals surface area (Å²) in [6, 6.07) is 0.0390. The molecule has 2 fully saturated rings. The van der Waals surface area contributed by atoms with Gasteiger partial charge in [0.1, 0.15) is 6.61 Å². The van der Waals surface area contributed by atoms with Gasteiger partial charge < -0.3 is 14.7 Å². The Balaban J connectivity index is 2.05. The number of nitrogens with zero attached hydrogens (tertiary/aromatic N) is 1. The van der Waals surface area contributed by atoms with Crippen LogP contribution in [0.25, 0.3) is 0 Å². The van der Waals surface area contributed by atoms with Crippen LogP contribution >= 0.6 is 0 Å². The van der Waals surface area contributed by atoms with Crippen LogP contribution in [0.3, 0.4) is 0 Å². The van der Waals surface area contributed by atoms with Crippen molar-refractivity contribution in [1.29, 1.82) is 0 Å². The zero-order valence-electron chi connectivity index (χ0n) is 10.4. The second-order valence-electron chi connectivity index (χ2n) is 4.95. The molecule has 1 amide bonds. The number of carboxylic acids is 1. The molecule has 100 valence electrons. The molecule has 1 heterocycles. The highest BCUT2D eigenvalue weighted by Gasteiger charge is 2.45. The lowest BCUT2D eigenvalue weighted by atomic mass is 9.81. The second kappa shape index (κ2) is 5.42. The Labute approximate surface area is 106 Å². The van der Waals surface area contributed by atoms with Crippen molar-refractivity contribution in [2.45, 2.75) is 31.7 Å². The molecule has 5 nitrogen and oxygen atoms in total. The van der Waals surface area contributed by atoms with E-state index in [0.29, 0.717) is 13.0 Å². The molecule has 0 aromatic rings. The maximum atomic E-state index is 11.9. The van der Waals surface area contributed by atoms with E-state index in [1.165, 1.54) is 6.08 Å². The first-order chi connectivity index (χ1) is 8.65. The molecule has 5 heteroatoms. The topological polar surface area (TPSA) is 66.8 Å². The van der Waals surface area contributed by atoms with Crippen LogP contribution in [0.15, 0.2) is 12.7 Å². The zero-order chi connectivity index (χ0) is 13.1. The quantitative estimate of drug-likeness (QED) is 0.780. The first-order valence-corrected chi connectivity index (χ1v) is 6.42. The summed E-state index contributed by atoms with van der Waals surface area (Å²) in [5, 5.41) is 9.20. The number of piperidine rings is 1. The van der Waals surface area contributed by atoms with Crippen molar-refractivity contribution >= 4 is 12.1 Å². The Hall–Kier alpha value is -1.52. The highest BCUT2D eigenvalue weighted by molar-refractivity contribution is 5.72. The van der Waals surface area contributed by atoms with E-state index >= 15 is 0 Å². The lowest BCUT2D eigenvalue weighted by Gasteiger charge is -2.40. The van der Waals surface area contributed by atoms with Gasteiger partial charge >= 0.3 is 12.1 Å². The van der Waals surface area contributed by atoms with E-state index in [0.717, 1.165) is 19.3 Å². The maximum Gasteiger partial charge on any atom is 0.410 e. The molecule has 2 rings (SSSR count). The normalized spacial score (nSPS) is 30.7. The highest BCUT2D eigenvalue weighted by Crippen LogP contribution is 2.40. The SMILES string of the molecule is C=CCOC(=O)N1CCC(C(=O)O)C2CCCC21. The number of likely N-dealkylation sites (tertiary alicyclic amines) is 1. The lowest BCUT2D eigenvalue weighted by Crippen LogP contribution is -2.51. The van der Waals surface area contributed by atoms with E-state index in [4.69, 9.17) is 4.74 Å². The third-order valence-electron chi connectivity index (χ3n) is 4.01. The summed E-state index contributed by atoms with van der Waals surface area (Å²) in [7, 11) is 0. The molecule has 0 aromatic carbocycles. The van der Waals surface area contributed by atoms with Crippen LogP contribution < -0.4 is 0 Å². The van der Waals surface area contributed by atoms with Crippen molar-refractivity contribution < 1.29 is 19.4 Å². The van der Waals surface area contributed by atoms with Gasteiger partial charge in [0.05, 0.1) is 5.92 Å². The van der Waals surface area contributed by atoms with E-state index in [2.05, 4.69) is 6.58 Å². The number of aliphatic carboxylic acids is 1. The van der Waals surface area contributed by atoms with Gasteiger partial charge in [-0.3, -0.25) is 4.79 Å². The lowest BCUT2D eigenvalue weighted by molar-refractivity contribution is -0.146. The van der Waals surface area contributed by atoms with Crippen molar-refractivity contribution in [2.24, 2.45) is 11.8 Å². The molecule has 1 N–H and O–H groups in total. The van der Waals surface area contributed by atoms with Crippen LogP contribution in [0.2, 0.25) is 0 Å². The van der Waals surface area contributed by atoms with Crippen LogP contribution in [-0.2, 0) is 9.53 Å². The van der Waals surface area contributed by atoms with Gasteiger partial charge in [-0.15, -0.1) is 0 Å². The van der Waals surface area contributed by atoms with Crippen LogP contribution in [0.1, 0.15) is 25.7 Å². The fraction of sp³-hybridized carbons (Fsp3) is 0.692.